The molecule has 1 saturated heterocycles. The smallest absolute Gasteiger partial charge is 0.245 e. The number of ether oxygens (including phenoxy) is 1. The first kappa shape index (κ1) is 18.7. The maximum absolute atomic E-state index is 12.5. The second-order valence-electron chi connectivity index (χ2n) is 6.91. The summed E-state index contributed by atoms with van der Waals surface area (Å²) in [6.45, 7) is 0.334. The summed E-state index contributed by atoms with van der Waals surface area (Å²) in [6.07, 6.45) is 1.81. The van der Waals surface area contributed by atoms with Crippen molar-refractivity contribution in [2.75, 3.05) is 18.6 Å². The van der Waals surface area contributed by atoms with E-state index in [0.717, 1.165) is 27.8 Å². The van der Waals surface area contributed by atoms with E-state index in [0.29, 0.717) is 6.54 Å². The van der Waals surface area contributed by atoms with Crippen molar-refractivity contribution in [3.05, 3.63) is 72.3 Å². The molecule has 2 amide bonds. The molecule has 146 valence electrons. The Balaban J connectivity index is 1.41. The maximum Gasteiger partial charge on any atom is 0.245 e. The lowest BCUT2D eigenvalue weighted by atomic mass is 10.1. The third-order valence-corrected chi connectivity index (χ3v) is 5.08. The molecule has 1 heterocycles. The molecule has 6 heteroatoms. The fourth-order valence-electron chi connectivity index (χ4n) is 3.51. The summed E-state index contributed by atoms with van der Waals surface area (Å²) in [7, 11) is 1.59. The molecule has 0 spiro atoms. The van der Waals surface area contributed by atoms with E-state index in [2.05, 4.69) is 10.5 Å². The number of fused-ring (bicyclic) bond motifs is 1. The van der Waals surface area contributed by atoms with Gasteiger partial charge in [-0.15, -0.1) is 0 Å². The molecule has 3 aromatic carbocycles. The standard InChI is InChI=1S/C23H21N3O3/c1-29-20-11-9-19(10-12-20)26-15-18(13-22(26)27)23(28)25-24-14-17-7-4-6-16-5-2-3-8-21(16)17/h2-12,14,18H,13,15H2,1H3,(H,25,28)/b24-14+/t18-/m1/s1. The molecule has 3 aromatic rings. The lowest BCUT2D eigenvalue weighted by molar-refractivity contribution is -0.126. The Morgan fingerprint density at radius 2 is 1.86 bits per heavy atom. The van der Waals surface area contributed by atoms with Gasteiger partial charge in [0.2, 0.25) is 11.8 Å². The van der Waals surface area contributed by atoms with Crippen molar-refractivity contribution in [2.24, 2.45) is 11.0 Å². The number of methoxy groups -OCH3 is 1. The highest BCUT2D eigenvalue weighted by Crippen LogP contribution is 2.27. The summed E-state index contributed by atoms with van der Waals surface area (Å²) in [5.74, 6) is -0.0501. The first-order chi connectivity index (χ1) is 14.2. The molecular formula is C23H21N3O3. The molecule has 1 N–H and O–H groups in total. The number of rotatable bonds is 5. The number of amides is 2. The van der Waals surface area contributed by atoms with Crippen molar-refractivity contribution in [1.29, 1.82) is 0 Å². The van der Waals surface area contributed by atoms with Crippen LogP contribution in [0.15, 0.2) is 71.8 Å². The molecule has 6 nitrogen and oxygen atoms in total. The normalized spacial score (nSPS) is 16.5. The van der Waals surface area contributed by atoms with Gasteiger partial charge >= 0.3 is 0 Å². The van der Waals surface area contributed by atoms with Gasteiger partial charge in [-0.3, -0.25) is 9.59 Å². The van der Waals surface area contributed by atoms with Gasteiger partial charge < -0.3 is 9.64 Å². The molecule has 29 heavy (non-hydrogen) atoms. The van der Waals surface area contributed by atoms with Crippen LogP contribution in [0.25, 0.3) is 10.8 Å². The van der Waals surface area contributed by atoms with Crippen molar-refractivity contribution in [2.45, 2.75) is 6.42 Å². The minimum Gasteiger partial charge on any atom is -0.497 e. The van der Waals surface area contributed by atoms with Crippen LogP contribution in [0.1, 0.15) is 12.0 Å². The summed E-state index contributed by atoms with van der Waals surface area (Å²) in [6, 6.07) is 21.1. The van der Waals surface area contributed by atoms with Gasteiger partial charge in [0.1, 0.15) is 5.75 Å². The van der Waals surface area contributed by atoms with Gasteiger partial charge in [-0.2, -0.15) is 5.10 Å². The molecule has 1 aliphatic rings. The highest BCUT2D eigenvalue weighted by molar-refractivity contribution is 6.01. The zero-order chi connectivity index (χ0) is 20.2. The van der Waals surface area contributed by atoms with E-state index in [-0.39, 0.29) is 18.2 Å². The van der Waals surface area contributed by atoms with Crippen LogP contribution in [0.2, 0.25) is 0 Å². The highest BCUT2D eigenvalue weighted by Gasteiger charge is 2.35. The zero-order valence-electron chi connectivity index (χ0n) is 16.0. The lowest BCUT2D eigenvalue weighted by Gasteiger charge is -2.16. The minimum atomic E-state index is -0.436. The van der Waals surface area contributed by atoms with Crippen LogP contribution in [0.3, 0.4) is 0 Å². The SMILES string of the molecule is COc1ccc(N2C[C@H](C(=O)N/N=C/c3cccc4ccccc34)CC2=O)cc1. The van der Waals surface area contributed by atoms with Crippen molar-refractivity contribution >= 4 is 34.5 Å². The number of hydrogen-bond donors (Lipinski definition) is 1. The largest absolute Gasteiger partial charge is 0.497 e. The Morgan fingerprint density at radius 1 is 1.10 bits per heavy atom. The third-order valence-electron chi connectivity index (χ3n) is 5.08. The fourth-order valence-corrected chi connectivity index (χ4v) is 3.51. The van der Waals surface area contributed by atoms with Crippen LogP contribution in [-0.4, -0.2) is 31.7 Å². The molecule has 0 radical (unpaired) electrons. The molecule has 0 aromatic heterocycles. The summed E-state index contributed by atoms with van der Waals surface area (Å²) in [5.41, 5.74) is 4.26. The summed E-state index contributed by atoms with van der Waals surface area (Å²) in [4.78, 5) is 26.5. The molecule has 0 unspecified atom stereocenters. The van der Waals surface area contributed by atoms with Gasteiger partial charge in [0.05, 0.1) is 19.2 Å². The Morgan fingerprint density at radius 3 is 2.66 bits per heavy atom. The van der Waals surface area contributed by atoms with Crippen molar-refractivity contribution < 1.29 is 14.3 Å². The lowest BCUT2D eigenvalue weighted by Crippen LogP contribution is -2.30. The Hall–Kier alpha value is -3.67. The van der Waals surface area contributed by atoms with E-state index in [1.54, 1.807) is 30.4 Å². The first-order valence-electron chi connectivity index (χ1n) is 9.41. The molecule has 0 bridgehead atoms. The highest BCUT2D eigenvalue weighted by atomic mass is 16.5. The number of benzene rings is 3. The quantitative estimate of drug-likeness (QED) is 0.539. The van der Waals surface area contributed by atoms with Crippen LogP contribution in [0, 0.1) is 5.92 Å². The predicted octanol–water partition coefficient (Wildman–Crippen LogP) is 3.35. The van der Waals surface area contributed by atoms with E-state index in [4.69, 9.17) is 4.74 Å². The van der Waals surface area contributed by atoms with E-state index in [1.165, 1.54) is 0 Å². The van der Waals surface area contributed by atoms with Crippen molar-refractivity contribution in [3.63, 3.8) is 0 Å². The van der Waals surface area contributed by atoms with Gasteiger partial charge in [-0.25, -0.2) is 5.43 Å². The van der Waals surface area contributed by atoms with Crippen molar-refractivity contribution in [1.82, 2.24) is 5.43 Å². The molecule has 0 aliphatic carbocycles. The predicted molar refractivity (Wildman–Crippen MR) is 113 cm³/mol. The van der Waals surface area contributed by atoms with Gasteiger partial charge in [0.15, 0.2) is 0 Å². The van der Waals surface area contributed by atoms with E-state index >= 15 is 0 Å². The first-order valence-corrected chi connectivity index (χ1v) is 9.41. The Bertz CT molecular complexity index is 1070. The third kappa shape index (κ3) is 3.96. The van der Waals surface area contributed by atoms with Crippen LogP contribution in [0.5, 0.6) is 5.75 Å². The van der Waals surface area contributed by atoms with Crippen LogP contribution >= 0.6 is 0 Å². The minimum absolute atomic E-state index is 0.0756. The number of hydrazone groups is 1. The van der Waals surface area contributed by atoms with Crippen LogP contribution in [-0.2, 0) is 9.59 Å². The number of hydrogen-bond acceptors (Lipinski definition) is 4. The average Bonchev–Trinajstić information content (AvgIpc) is 3.15. The number of anilines is 1. The monoisotopic (exact) mass is 387 g/mol. The zero-order valence-corrected chi connectivity index (χ0v) is 16.0. The molecule has 1 aliphatic heterocycles. The summed E-state index contributed by atoms with van der Waals surface area (Å²) >= 11 is 0. The summed E-state index contributed by atoms with van der Waals surface area (Å²) in [5, 5.41) is 6.29. The molecule has 1 atom stereocenters. The fraction of sp³-hybridized carbons (Fsp3) is 0.174. The maximum atomic E-state index is 12.5. The molecule has 4 rings (SSSR count). The van der Waals surface area contributed by atoms with Crippen molar-refractivity contribution in [3.8, 4) is 5.75 Å². The molecule has 1 fully saturated rings. The van der Waals surface area contributed by atoms with Gasteiger partial charge in [0, 0.05) is 24.2 Å². The van der Waals surface area contributed by atoms with Crippen LogP contribution in [0.4, 0.5) is 5.69 Å². The van der Waals surface area contributed by atoms with Gasteiger partial charge in [0.25, 0.3) is 0 Å². The number of carbonyl (C=O) groups excluding carboxylic acids is 2. The van der Waals surface area contributed by atoms with Crippen LogP contribution < -0.4 is 15.1 Å². The van der Waals surface area contributed by atoms with Gasteiger partial charge in [-0.1, -0.05) is 42.5 Å². The Kier molecular flexibility index (Phi) is 5.24. The molecule has 0 saturated carbocycles. The Labute approximate surface area is 168 Å². The topological polar surface area (TPSA) is 71.0 Å². The number of carbonyl (C=O) groups is 2. The second kappa shape index (κ2) is 8.14. The second-order valence-corrected chi connectivity index (χ2v) is 6.91. The van der Waals surface area contributed by atoms with E-state index < -0.39 is 5.92 Å². The van der Waals surface area contributed by atoms with E-state index in [9.17, 15) is 9.59 Å². The molecular weight excluding hydrogens is 366 g/mol. The number of nitrogens with zero attached hydrogens (tertiary/aromatic N) is 2. The summed E-state index contributed by atoms with van der Waals surface area (Å²) < 4.78 is 5.14. The van der Waals surface area contributed by atoms with Gasteiger partial charge in [-0.05, 0) is 35.0 Å². The average molecular weight is 387 g/mol. The number of nitrogens with one attached hydrogen (secondary N) is 1. The van der Waals surface area contributed by atoms with E-state index in [1.807, 2.05) is 54.6 Å².